The normalized spacial score (nSPS) is 16.1. The van der Waals surface area contributed by atoms with Crippen LogP contribution in [0.15, 0.2) is 59.7 Å². The van der Waals surface area contributed by atoms with E-state index in [1.807, 2.05) is 29.1 Å². The van der Waals surface area contributed by atoms with Crippen LogP contribution < -0.4 is 10.9 Å². The Labute approximate surface area is 150 Å². The minimum atomic E-state index is -0.374. The second-order valence-electron chi connectivity index (χ2n) is 6.52. The van der Waals surface area contributed by atoms with Crippen molar-refractivity contribution in [2.24, 2.45) is 0 Å². The van der Waals surface area contributed by atoms with Gasteiger partial charge in [0.25, 0.3) is 11.5 Å². The van der Waals surface area contributed by atoms with E-state index in [9.17, 15) is 9.59 Å². The Hall–Kier alpha value is -3.15. The number of nitrogens with zero attached hydrogens (tertiary/aromatic N) is 2. The van der Waals surface area contributed by atoms with Gasteiger partial charge in [0.15, 0.2) is 0 Å². The van der Waals surface area contributed by atoms with E-state index in [1.54, 1.807) is 6.07 Å². The Morgan fingerprint density at radius 3 is 2.88 bits per heavy atom. The standard InChI is InChI=1S/C20H20N4O2/c25-19-15(8-5-11-21-19)20(26)23-17-9-4-10-18-16(17)12-22-24(18)13-14-6-2-1-3-7-14/h1-3,5-8,11-12,17H,4,9-10,13H2,(H,21,25)(H,23,26)/t17-/m1/s1. The molecule has 1 atom stereocenters. The molecule has 0 saturated heterocycles. The average molecular weight is 348 g/mol. The van der Waals surface area contributed by atoms with Crippen LogP contribution in [0.3, 0.4) is 0 Å². The summed E-state index contributed by atoms with van der Waals surface area (Å²) in [5.41, 5.74) is 3.16. The van der Waals surface area contributed by atoms with Gasteiger partial charge in [0.1, 0.15) is 5.56 Å². The minimum absolute atomic E-state index is 0.115. The van der Waals surface area contributed by atoms with E-state index < -0.39 is 0 Å². The van der Waals surface area contributed by atoms with E-state index >= 15 is 0 Å². The van der Waals surface area contributed by atoms with Crippen LogP contribution in [0.5, 0.6) is 0 Å². The minimum Gasteiger partial charge on any atom is -0.345 e. The van der Waals surface area contributed by atoms with Crippen molar-refractivity contribution in [1.29, 1.82) is 0 Å². The summed E-state index contributed by atoms with van der Waals surface area (Å²) < 4.78 is 2.01. The largest absolute Gasteiger partial charge is 0.345 e. The lowest BCUT2D eigenvalue weighted by atomic mass is 9.92. The molecule has 26 heavy (non-hydrogen) atoms. The molecule has 1 amide bonds. The van der Waals surface area contributed by atoms with Gasteiger partial charge in [-0.3, -0.25) is 14.3 Å². The van der Waals surface area contributed by atoms with Gasteiger partial charge in [0.05, 0.1) is 18.8 Å². The molecule has 0 aliphatic heterocycles. The second kappa shape index (κ2) is 7.00. The number of carbonyl (C=O) groups is 1. The smallest absolute Gasteiger partial charge is 0.260 e. The lowest BCUT2D eigenvalue weighted by Crippen LogP contribution is -2.34. The van der Waals surface area contributed by atoms with Gasteiger partial charge in [0.2, 0.25) is 0 Å². The number of aromatic nitrogens is 3. The Morgan fingerprint density at radius 1 is 1.23 bits per heavy atom. The first-order valence-electron chi connectivity index (χ1n) is 8.79. The van der Waals surface area contributed by atoms with E-state index in [1.165, 1.54) is 17.8 Å². The Morgan fingerprint density at radius 2 is 2.08 bits per heavy atom. The molecule has 4 rings (SSSR count). The third-order valence-corrected chi connectivity index (χ3v) is 4.81. The fourth-order valence-electron chi connectivity index (χ4n) is 3.50. The summed E-state index contributed by atoms with van der Waals surface area (Å²) in [7, 11) is 0. The van der Waals surface area contributed by atoms with E-state index in [0.29, 0.717) is 0 Å². The van der Waals surface area contributed by atoms with Crippen molar-refractivity contribution in [1.82, 2.24) is 20.1 Å². The second-order valence-corrected chi connectivity index (χ2v) is 6.52. The highest BCUT2D eigenvalue weighted by Gasteiger charge is 2.26. The number of fused-ring (bicyclic) bond motifs is 1. The maximum absolute atomic E-state index is 12.5. The molecule has 2 N–H and O–H groups in total. The number of hydrogen-bond acceptors (Lipinski definition) is 3. The molecule has 0 bridgehead atoms. The van der Waals surface area contributed by atoms with Gasteiger partial charge in [-0.05, 0) is 37.0 Å². The van der Waals surface area contributed by atoms with Crippen LogP contribution in [0.1, 0.15) is 46.1 Å². The molecule has 0 unspecified atom stereocenters. The first kappa shape index (κ1) is 16.3. The number of benzene rings is 1. The van der Waals surface area contributed by atoms with Gasteiger partial charge in [0, 0.05) is 17.5 Å². The van der Waals surface area contributed by atoms with Crippen LogP contribution in [-0.4, -0.2) is 20.7 Å². The molecule has 2 heterocycles. The average Bonchev–Trinajstić information content (AvgIpc) is 3.07. The van der Waals surface area contributed by atoms with Crippen LogP contribution >= 0.6 is 0 Å². The quantitative estimate of drug-likeness (QED) is 0.760. The van der Waals surface area contributed by atoms with Crippen molar-refractivity contribution in [2.45, 2.75) is 31.8 Å². The highest BCUT2D eigenvalue weighted by atomic mass is 16.2. The van der Waals surface area contributed by atoms with Crippen LogP contribution in [0, 0.1) is 0 Å². The topological polar surface area (TPSA) is 79.8 Å². The maximum atomic E-state index is 12.5. The van der Waals surface area contributed by atoms with E-state index in [2.05, 4.69) is 27.5 Å². The fraction of sp³-hybridized carbons (Fsp3) is 0.250. The lowest BCUT2D eigenvalue weighted by Gasteiger charge is -2.24. The molecule has 0 radical (unpaired) electrons. The van der Waals surface area contributed by atoms with Gasteiger partial charge in [-0.2, -0.15) is 5.10 Å². The summed E-state index contributed by atoms with van der Waals surface area (Å²) >= 11 is 0. The SMILES string of the molecule is O=C(N[C@@H]1CCCc2c1cnn2Cc1ccccc1)c1ccc[nH]c1=O. The van der Waals surface area contributed by atoms with E-state index in [0.717, 1.165) is 37.1 Å². The first-order chi connectivity index (χ1) is 12.7. The fourth-order valence-corrected chi connectivity index (χ4v) is 3.50. The molecule has 1 aliphatic rings. The van der Waals surface area contributed by atoms with Gasteiger partial charge < -0.3 is 10.3 Å². The molecule has 6 heteroatoms. The van der Waals surface area contributed by atoms with Crippen molar-refractivity contribution in [2.75, 3.05) is 0 Å². The monoisotopic (exact) mass is 348 g/mol. The number of pyridine rings is 1. The summed E-state index contributed by atoms with van der Waals surface area (Å²) in [5.74, 6) is -0.347. The summed E-state index contributed by atoms with van der Waals surface area (Å²) in [6.07, 6.45) is 6.13. The Balaban J connectivity index is 1.56. The van der Waals surface area contributed by atoms with Crippen LogP contribution in [-0.2, 0) is 13.0 Å². The molecule has 0 fully saturated rings. The number of rotatable bonds is 4. The number of hydrogen-bond donors (Lipinski definition) is 2. The van der Waals surface area contributed by atoms with Crippen molar-refractivity contribution >= 4 is 5.91 Å². The van der Waals surface area contributed by atoms with Crippen molar-refractivity contribution < 1.29 is 4.79 Å². The molecule has 0 spiro atoms. The third kappa shape index (κ3) is 3.18. The van der Waals surface area contributed by atoms with Crippen LogP contribution in [0.4, 0.5) is 0 Å². The molecule has 1 aromatic carbocycles. The summed E-state index contributed by atoms with van der Waals surface area (Å²) in [4.78, 5) is 26.8. The Bertz CT molecular complexity index is 975. The molecule has 132 valence electrons. The maximum Gasteiger partial charge on any atom is 0.260 e. The highest BCUT2D eigenvalue weighted by molar-refractivity contribution is 5.94. The highest BCUT2D eigenvalue weighted by Crippen LogP contribution is 2.30. The zero-order valence-electron chi connectivity index (χ0n) is 14.3. The number of aromatic amines is 1. The van der Waals surface area contributed by atoms with Crippen LogP contribution in [0.25, 0.3) is 0 Å². The Kier molecular flexibility index (Phi) is 4.39. The zero-order chi connectivity index (χ0) is 17.9. The lowest BCUT2D eigenvalue weighted by molar-refractivity contribution is 0.0931. The van der Waals surface area contributed by atoms with Gasteiger partial charge in [-0.15, -0.1) is 0 Å². The van der Waals surface area contributed by atoms with Gasteiger partial charge in [-0.1, -0.05) is 30.3 Å². The summed E-state index contributed by atoms with van der Waals surface area (Å²) in [6, 6.07) is 13.3. The molecule has 2 aromatic heterocycles. The number of nitrogens with one attached hydrogen (secondary N) is 2. The molecule has 6 nitrogen and oxygen atoms in total. The molecule has 0 saturated carbocycles. The molecule has 3 aromatic rings. The molecular weight excluding hydrogens is 328 g/mol. The summed E-state index contributed by atoms with van der Waals surface area (Å²) in [5, 5.41) is 7.54. The van der Waals surface area contributed by atoms with E-state index in [4.69, 9.17) is 0 Å². The van der Waals surface area contributed by atoms with E-state index in [-0.39, 0.29) is 23.1 Å². The van der Waals surface area contributed by atoms with Crippen molar-refractivity contribution in [3.63, 3.8) is 0 Å². The zero-order valence-corrected chi connectivity index (χ0v) is 14.3. The van der Waals surface area contributed by atoms with Crippen molar-refractivity contribution in [3.05, 3.63) is 87.6 Å². The van der Waals surface area contributed by atoms with Gasteiger partial charge >= 0.3 is 0 Å². The predicted octanol–water partition coefficient (Wildman–Crippen LogP) is 2.43. The third-order valence-electron chi connectivity index (χ3n) is 4.81. The summed E-state index contributed by atoms with van der Waals surface area (Å²) in [6.45, 7) is 0.717. The van der Waals surface area contributed by atoms with Crippen LogP contribution in [0.2, 0.25) is 0 Å². The van der Waals surface area contributed by atoms with Gasteiger partial charge in [-0.25, -0.2) is 0 Å². The molecular formula is C20H20N4O2. The number of carbonyl (C=O) groups excluding carboxylic acids is 1. The predicted molar refractivity (Wildman–Crippen MR) is 98.0 cm³/mol. The first-order valence-corrected chi connectivity index (χ1v) is 8.79. The molecule has 1 aliphatic carbocycles. The number of amides is 1. The van der Waals surface area contributed by atoms with Crippen molar-refractivity contribution in [3.8, 4) is 0 Å². The number of H-pyrrole nitrogens is 1.